The molecular formula is C30H39NO2Si. The Labute approximate surface area is 206 Å². The summed E-state index contributed by atoms with van der Waals surface area (Å²) in [6.45, 7) is 13.8. The number of hydrogen-bond acceptors (Lipinski definition) is 3. The third kappa shape index (κ3) is 4.85. The molecule has 1 aliphatic heterocycles. The Morgan fingerprint density at radius 2 is 1.53 bits per heavy atom. The zero-order valence-corrected chi connectivity index (χ0v) is 22.5. The standard InChI is InChI=1S/C30H39NO2Si/c1-22-20-21-25-26(18-13-19-27(25)32)31(22)28(23-14-9-7-10-15-23)29(24-16-11-8-12-17-24)33-34(5,6)30(2,3)4/h7-12,14-17,20-22,28-29H,13,18-19H2,1-6H3/t22?,28-,29+/m0/s1. The Morgan fingerprint density at radius 3 is 2.12 bits per heavy atom. The third-order valence-corrected chi connectivity index (χ3v) is 12.3. The van der Waals surface area contributed by atoms with Gasteiger partial charge in [0.15, 0.2) is 14.1 Å². The van der Waals surface area contributed by atoms with Crippen LogP contribution in [0.4, 0.5) is 0 Å². The SMILES string of the molecule is CC1C=CC2=C(CCCC2=O)N1[C@@H](c1ccccc1)[C@H](O[Si](C)(C)C(C)(C)C)c1ccccc1. The van der Waals surface area contributed by atoms with E-state index in [9.17, 15) is 4.79 Å². The van der Waals surface area contributed by atoms with Crippen LogP contribution in [0.2, 0.25) is 18.1 Å². The molecule has 2 aliphatic rings. The van der Waals surface area contributed by atoms with Crippen LogP contribution in [-0.2, 0) is 9.22 Å². The second kappa shape index (κ2) is 9.67. The highest BCUT2D eigenvalue weighted by atomic mass is 28.4. The minimum atomic E-state index is -2.12. The molecule has 180 valence electrons. The predicted octanol–water partition coefficient (Wildman–Crippen LogP) is 7.76. The lowest BCUT2D eigenvalue weighted by atomic mass is 9.86. The van der Waals surface area contributed by atoms with E-state index in [0.717, 1.165) is 18.4 Å². The number of carbonyl (C=O) groups excluding carboxylic acids is 1. The monoisotopic (exact) mass is 473 g/mol. The molecule has 0 radical (unpaired) electrons. The topological polar surface area (TPSA) is 29.5 Å². The lowest BCUT2D eigenvalue weighted by Gasteiger charge is -2.49. The van der Waals surface area contributed by atoms with E-state index in [1.54, 1.807) is 0 Å². The largest absolute Gasteiger partial charge is 0.407 e. The van der Waals surface area contributed by atoms with E-state index in [0.29, 0.717) is 6.42 Å². The molecule has 1 heterocycles. The number of Topliss-reactive ketones (excluding diaryl/α,β-unsaturated/α-hetero) is 1. The Kier molecular flexibility index (Phi) is 7.02. The summed E-state index contributed by atoms with van der Waals surface area (Å²) < 4.78 is 7.28. The van der Waals surface area contributed by atoms with E-state index >= 15 is 0 Å². The molecule has 1 aliphatic carbocycles. The van der Waals surface area contributed by atoms with Gasteiger partial charge in [0.1, 0.15) is 0 Å². The number of ketones is 1. The van der Waals surface area contributed by atoms with Crippen LogP contribution in [0.25, 0.3) is 0 Å². The second-order valence-electron chi connectivity index (χ2n) is 11.2. The maximum Gasteiger partial charge on any atom is 0.193 e. The third-order valence-electron chi connectivity index (χ3n) is 7.80. The molecule has 34 heavy (non-hydrogen) atoms. The lowest BCUT2D eigenvalue weighted by Crippen LogP contribution is -2.47. The van der Waals surface area contributed by atoms with Crippen LogP contribution < -0.4 is 0 Å². The van der Waals surface area contributed by atoms with Crippen molar-refractivity contribution in [1.29, 1.82) is 0 Å². The van der Waals surface area contributed by atoms with Gasteiger partial charge in [-0.05, 0) is 49.0 Å². The van der Waals surface area contributed by atoms with Crippen LogP contribution in [0.5, 0.6) is 0 Å². The first-order chi connectivity index (χ1) is 16.1. The predicted molar refractivity (Wildman–Crippen MR) is 143 cm³/mol. The summed E-state index contributed by atoms with van der Waals surface area (Å²) in [6.07, 6.45) is 6.59. The van der Waals surface area contributed by atoms with Gasteiger partial charge in [0.05, 0.1) is 12.1 Å². The molecule has 0 aromatic heterocycles. The van der Waals surface area contributed by atoms with Crippen LogP contribution in [0.3, 0.4) is 0 Å². The molecule has 0 bridgehead atoms. The van der Waals surface area contributed by atoms with Gasteiger partial charge in [0.2, 0.25) is 0 Å². The summed E-state index contributed by atoms with van der Waals surface area (Å²) in [5, 5.41) is 0.0833. The summed E-state index contributed by atoms with van der Waals surface area (Å²) in [6, 6.07) is 21.5. The van der Waals surface area contributed by atoms with Crippen LogP contribution in [0.15, 0.2) is 84.1 Å². The van der Waals surface area contributed by atoms with Gasteiger partial charge in [-0.1, -0.05) is 93.6 Å². The Morgan fingerprint density at radius 1 is 0.941 bits per heavy atom. The van der Waals surface area contributed by atoms with E-state index in [4.69, 9.17) is 4.43 Å². The number of benzene rings is 2. The van der Waals surface area contributed by atoms with Crippen molar-refractivity contribution in [2.45, 2.75) is 83.3 Å². The fourth-order valence-electron chi connectivity index (χ4n) is 4.88. The molecule has 0 saturated heterocycles. The molecule has 3 atom stereocenters. The van der Waals surface area contributed by atoms with Crippen molar-refractivity contribution in [3.8, 4) is 0 Å². The van der Waals surface area contributed by atoms with Crippen molar-refractivity contribution in [3.63, 3.8) is 0 Å². The molecule has 0 saturated carbocycles. The molecule has 0 N–H and O–H groups in total. The van der Waals surface area contributed by atoms with Gasteiger partial charge < -0.3 is 9.33 Å². The molecule has 0 spiro atoms. The average Bonchev–Trinajstić information content (AvgIpc) is 2.80. The van der Waals surface area contributed by atoms with Crippen LogP contribution in [0, 0.1) is 0 Å². The van der Waals surface area contributed by atoms with Gasteiger partial charge in [-0.25, -0.2) is 0 Å². The van der Waals surface area contributed by atoms with E-state index < -0.39 is 8.32 Å². The summed E-state index contributed by atoms with van der Waals surface area (Å²) in [4.78, 5) is 15.4. The minimum absolute atomic E-state index is 0.0337. The van der Waals surface area contributed by atoms with Crippen molar-refractivity contribution in [3.05, 3.63) is 95.2 Å². The van der Waals surface area contributed by atoms with Crippen molar-refractivity contribution >= 4 is 14.1 Å². The van der Waals surface area contributed by atoms with Crippen LogP contribution in [0.1, 0.15) is 70.2 Å². The molecule has 3 nitrogen and oxygen atoms in total. The van der Waals surface area contributed by atoms with Gasteiger partial charge in [-0.15, -0.1) is 0 Å². The van der Waals surface area contributed by atoms with Crippen molar-refractivity contribution < 1.29 is 9.22 Å². The van der Waals surface area contributed by atoms with E-state index in [2.05, 4.69) is 119 Å². The fourth-order valence-corrected chi connectivity index (χ4v) is 6.14. The Bertz CT molecular complexity index is 1070. The second-order valence-corrected chi connectivity index (χ2v) is 16.0. The maximum atomic E-state index is 12.9. The highest BCUT2D eigenvalue weighted by Crippen LogP contribution is 2.48. The summed E-state index contributed by atoms with van der Waals surface area (Å²) in [5.74, 6) is 0.266. The number of hydrogen-bond donors (Lipinski definition) is 0. The molecule has 0 fully saturated rings. The van der Waals surface area contributed by atoms with E-state index in [-0.39, 0.29) is 29.0 Å². The lowest BCUT2D eigenvalue weighted by molar-refractivity contribution is -0.116. The van der Waals surface area contributed by atoms with Crippen molar-refractivity contribution in [2.75, 3.05) is 0 Å². The first kappa shape index (κ1) is 24.7. The molecule has 1 unspecified atom stereocenters. The number of rotatable bonds is 6. The van der Waals surface area contributed by atoms with Crippen LogP contribution >= 0.6 is 0 Å². The zero-order chi connectivity index (χ0) is 24.5. The highest BCUT2D eigenvalue weighted by molar-refractivity contribution is 6.74. The minimum Gasteiger partial charge on any atom is -0.407 e. The van der Waals surface area contributed by atoms with Gasteiger partial charge in [0, 0.05) is 23.7 Å². The summed E-state index contributed by atoms with van der Waals surface area (Å²) in [7, 11) is -2.12. The molecule has 2 aromatic rings. The first-order valence-electron chi connectivity index (χ1n) is 12.6. The molecular weight excluding hydrogens is 434 g/mol. The van der Waals surface area contributed by atoms with Gasteiger partial charge in [-0.2, -0.15) is 0 Å². The van der Waals surface area contributed by atoms with Gasteiger partial charge in [0.25, 0.3) is 0 Å². The van der Waals surface area contributed by atoms with Gasteiger partial charge in [-0.3, -0.25) is 4.79 Å². The first-order valence-corrected chi connectivity index (χ1v) is 15.5. The van der Waals surface area contributed by atoms with E-state index in [1.165, 1.54) is 16.8 Å². The Hall–Kier alpha value is -2.43. The normalized spacial score (nSPS) is 20.8. The molecule has 4 rings (SSSR count). The highest BCUT2D eigenvalue weighted by Gasteiger charge is 2.44. The molecule has 0 amide bonds. The maximum absolute atomic E-state index is 12.9. The van der Waals surface area contributed by atoms with Gasteiger partial charge >= 0.3 is 0 Å². The van der Waals surface area contributed by atoms with Crippen LogP contribution in [-0.4, -0.2) is 25.0 Å². The summed E-state index contributed by atoms with van der Waals surface area (Å²) >= 11 is 0. The van der Waals surface area contributed by atoms with Crippen molar-refractivity contribution in [1.82, 2.24) is 4.90 Å². The van der Waals surface area contributed by atoms with E-state index in [1.807, 2.05) is 0 Å². The zero-order valence-electron chi connectivity index (χ0n) is 21.5. The number of allylic oxidation sites excluding steroid dienone is 3. The number of nitrogens with zero attached hydrogens (tertiary/aromatic N) is 1. The average molecular weight is 474 g/mol. The quantitative estimate of drug-likeness (QED) is 0.402. The van der Waals surface area contributed by atoms with Crippen molar-refractivity contribution in [2.24, 2.45) is 0 Å². The molecule has 2 aromatic carbocycles. The molecule has 4 heteroatoms. The number of carbonyl (C=O) groups is 1. The summed E-state index contributed by atoms with van der Waals surface area (Å²) in [5.41, 5.74) is 4.48. The smallest absolute Gasteiger partial charge is 0.193 e. The fraction of sp³-hybridized carbons (Fsp3) is 0.433. The Balaban J connectivity index is 1.91.